The molecule has 24 heavy (non-hydrogen) atoms. The van der Waals surface area contributed by atoms with Crippen molar-refractivity contribution in [2.24, 2.45) is 0 Å². The average molecular weight is 336 g/mol. The fraction of sp³-hybridized carbons (Fsp3) is 0.158. The molecule has 0 radical (unpaired) electrons. The van der Waals surface area contributed by atoms with E-state index < -0.39 is 0 Å². The molecule has 1 amide bonds. The Morgan fingerprint density at radius 1 is 1.21 bits per heavy atom. The molecule has 1 aliphatic heterocycles. The topological polar surface area (TPSA) is 73.1 Å². The molecule has 0 bridgehead atoms. The molecule has 5 heteroatoms. The Morgan fingerprint density at radius 3 is 2.71 bits per heavy atom. The van der Waals surface area contributed by atoms with Crippen molar-refractivity contribution in [2.45, 2.75) is 18.1 Å². The van der Waals surface area contributed by atoms with Gasteiger partial charge < -0.3 is 10.4 Å². The lowest BCUT2D eigenvalue weighted by molar-refractivity contribution is -0.120. The van der Waals surface area contributed by atoms with Gasteiger partial charge in [-0.05, 0) is 23.3 Å². The zero-order valence-electron chi connectivity index (χ0n) is 12.9. The quantitative estimate of drug-likeness (QED) is 0.893. The summed E-state index contributed by atoms with van der Waals surface area (Å²) < 4.78 is 0. The normalized spacial score (nSPS) is 17.3. The predicted molar refractivity (Wildman–Crippen MR) is 94.0 cm³/mol. The summed E-state index contributed by atoms with van der Waals surface area (Å²) in [4.78, 5) is 12.1. The van der Waals surface area contributed by atoms with Gasteiger partial charge in [-0.3, -0.25) is 4.79 Å². The molecule has 1 aliphatic rings. The van der Waals surface area contributed by atoms with E-state index in [1.807, 2.05) is 36.4 Å². The molecule has 0 saturated heterocycles. The van der Waals surface area contributed by atoms with Crippen LogP contribution in [0.5, 0.6) is 5.75 Å². The number of hydrogen-bond acceptors (Lipinski definition) is 4. The Kier molecular flexibility index (Phi) is 4.88. The van der Waals surface area contributed by atoms with Crippen LogP contribution in [-0.4, -0.2) is 11.0 Å². The number of benzene rings is 2. The zero-order valence-corrected chi connectivity index (χ0v) is 13.7. The number of phenols is 1. The van der Waals surface area contributed by atoms with Gasteiger partial charge in [0, 0.05) is 18.1 Å². The van der Waals surface area contributed by atoms with Crippen molar-refractivity contribution in [3.05, 3.63) is 76.3 Å². The molecule has 2 N–H and O–H groups in total. The van der Waals surface area contributed by atoms with Crippen LogP contribution in [0.4, 0.5) is 0 Å². The van der Waals surface area contributed by atoms with Crippen LogP contribution in [0.1, 0.15) is 23.5 Å². The summed E-state index contributed by atoms with van der Waals surface area (Å²) in [6.07, 6.45) is 0.210. The summed E-state index contributed by atoms with van der Waals surface area (Å²) >= 11 is 1.45. The highest BCUT2D eigenvalue weighted by Crippen LogP contribution is 2.37. The van der Waals surface area contributed by atoms with Crippen molar-refractivity contribution in [3.63, 3.8) is 0 Å². The number of rotatable bonds is 4. The van der Waals surface area contributed by atoms with E-state index in [9.17, 15) is 15.2 Å². The number of carbonyl (C=O) groups is 1. The molecule has 0 unspecified atom stereocenters. The second-order valence-electron chi connectivity index (χ2n) is 5.53. The van der Waals surface area contributed by atoms with E-state index in [2.05, 4.69) is 11.4 Å². The van der Waals surface area contributed by atoms with E-state index in [0.29, 0.717) is 16.4 Å². The van der Waals surface area contributed by atoms with Gasteiger partial charge >= 0.3 is 0 Å². The third kappa shape index (κ3) is 3.61. The van der Waals surface area contributed by atoms with Crippen LogP contribution in [0, 0.1) is 11.3 Å². The van der Waals surface area contributed by atoms with Crippen molar-refractivity contribution in [2.75, 3.05) is 0 Å². The Labute approximate surface area is 144 Å². The molecule has 0 spiro atoms. The predicted octanol–water partition coefficient (Wildman–Crippen LogP) is 3.66. The van der Waals surface area contributed by atoms with E-state index in [0.717, 1.165) is 11.1 Å². The second kappa shape index (κ2) is 7.24. The standard InChI is InChI=1S/C19H16N2O2S/c20-11-17-16(14-7-4-8-15(22)9-14)10-18(23)21-19(17)24-12-13-5-2-1-3-6-13/h1-9,16,22H,10,12H2,(H,21,23)/t16-/m0/s1. The molecule has 1 atom stereocenters. The molecule has 0 fully saturated rings. The molecule has 1 heterocycles. The number of carbonyl (C=O) groups excluding carboxylic acids is 1. The first-order valence-electron chi connectivity index (χ1n) is 7.57. The fourth-order valence-corrected chi connectivity index (χ4v) is 3.72. The van der Waals surface area contributed by atoms with Gasteiger partial charge in [0.25, 0.3) is 0 Å². The summed E-state index contributed by atoms with van der Waals surface area (Å²) in [6, 6.07) is 18.9. The first-order chi connectivity index (χ1) is 11.7. The summed E-state index contributed by atoms with van der Waals surface area (Å²) in [5.74, 6) is 0.371. The first-order valence-corrected chi connectivity index (χ1v) is 8.55. The van der Waals surface area contributed by atoms with Crippen LogP contribution < -0.4 is 5.32 Å². The zero-order chi connectivity index (χ0) is 16.9. The molecule has 2 aromatic carbocycles. The Hall–Kier alpha value is -2.71. The SMILES string of the molecule is N#CC1=C(SCc2ccccc2)NC(=O)C[C@H]1c1cccc(O)c1. The van der Waals surface area contributed by atoms with Gasteiger partial charge in [-0.1, -0.05) is 42.5 Å². The summed E-state index contributed by atoms with van der Waals surface area (Å²) in [6.45, 7) is 0. The van der Waals surface area contributed by atoms with Crippen LogP contribution in [-0.2, 0) is 10.5 Å². The molecule has 0 saturated carbocycles. The van der Waals surface area contributed by atoms with Gasteiger partial charge in [-0.25, -0.2) is 0 Å². The largest absolute Gasteiger partial charge is 0.508 e. The average Bonchev–Trinajstić information content (AvgIpc) is 2.60. The maximum Gasteiger partial charge on any atom is 0.225 e. The van der Waals surface area contributed by atoms with Crippen molar-refractivity contribution in [3.8, 4) is 11.8 Å². The Morgan fingerprint density at radius 2 is 2.00 bits per heavy atom. The molecular weight excluding hydrogens is 320 g/mol. The molecule has 3 rings (SSSR count). The van der Waals surface area contributed by atoms with Crippen molar-refractivity contribution >= 4 is 17.7 Å². The number of hydrogen-bond donors (Lipinski definition) is 2. The van der Waals surface area contributed by atoms with Crippen LogP contribution in [0.15, 0.2) is 65.2 Å². The lowest BCUT2D eigenvalue weighted by Gasteiger charge is -2.25. The fourth-order valence-electron chi connectivity index (χ4n) is 2.69. The number of thioether (sulfide) groups is 1. The third-order valence-electron chi connectivity index (χ3n) is 3.85. The van der Waals surface area contributed by atoms with E-state index in [1.54, 1.807) is 18.2 Å². The second-order valence-corrected chi connectivity index (χ2v) is 6.51. The number of nitriles is 1. The lowest BCUT2D eigenvalue weighted by atomic mass is 9.87. The Bertz CT molecular complexity index is 825. The first kappa shape index (κ1) is 16.2. The number of aromatic hydroxyl groups is 1. The molecule has 4 nitrogen and oxygen atoms in total. The number of phenolic OH excluding ortho intramolecular Hbond substituents is 1. The van der Waals surface area contributed by atoms with Crippen LogP contribution in [0.2, 0.25) is 0 Å². The molecule has 120 valence electrons. The number of allylic oxidation sites excluding steroid dienone is 1. The monoisotopic (exact) mass is 336 g/mol. The molecular formula is C19H16N2O2S. The highest BCUT2D eigenvalue weighted by atomic mass is 32.2. The van der Waals surface area contributed by atoms with Crippen molar-refractivity contribution in [1.29, 1.82) is 5.26 Å². The maximum absolute atomic E-state index is 12.1. The minimum absolute atomic E-state index is 0.113. The summed E-state index contributed by atoms with van der Waals surface area (Å²) in [5, 5.41) is 22.7. The number of nitrogens with one attached hydrogen (secondary N) is 1. The van der Waals surface area contributed by atoms with E-state index >= 15 is 0 Å². The van der Waals surface area contributed by atoms with Gasteiger partial charge in [-0.15, -0.1) is 11.8 Å². The number of amides is 1. The third-order valence-corrected chi connectivity index (χ3v) is 4.94. The highest BCUT2D eigenvalue weighted by Gasteiger charge is 2.29. The van der Waals surface area contributed by atoms with Gasteiger partial charge in [-0.2, -0.15) is 5.26 Å². The maximum atomic E-state index is 12.1. The van der Waals surface area contributed by atoms with Crippen molar-refractivity contribution in [1.82, 2.24) is 5.32 Å². The van der Waals surface area contributed by atoms with E-state index in [-0.39, 0.29) is 24.0 Å². The van der Waals surface area contributed by atoms with Crippen LogP contribution in [0.3, 0.4) is 0 Å². The van der Waals surface area contributed by atoms with Gasteiger partial charge in [0.1, 0.15) is 5.75 Å². The van der Waals surface area contributed by atoms with Gasteiger partial charge in [0.05, 0.1) is 16.7 Å². The minimum Gasteiger partial charge on any atom is -0.508 e. The van der Waals surface area contributed by atoms with Gasteiger partial charge in [0.2, 0.25) is 5.91 Å². The minimum atomic E-state index is -0.325. The van der Waals surface area contributed by atoms with E-state index in [4.69, 9.17) is 0 Å². The molecule has 2 aromatic rings. The molecule has 0 aromatic heterocycles. The van der Waals surface area contributed by atoms with Crippen LogP contribution in [0.25, 0.3) is 0 Å². The van der Waals surface area contributed by atoms with Gasteiger partial charge in [0.15, 0.2) is 0 Å². The van der Waals surface area contributed by atoms with Crippen LogP contribution >= 0.6 is 11.8 Å². The summed E-state index contributed by atoms with van der Waals surface area (Å²) in [7, 11) is 0. The number of nitrogens with zero attached hydrogens (tertiary/aromatic N) is 1. The van der Waals surface area contributed by atoms with E-state index in [1.165, 1.54) is 11.8 Å². The highest BCUT2D eigenvalue weighted by molar-refractivity contribution is 8.02. The summed E-state index contributed by atoms with van der Waals surface area (Å²) in [5.41, 5.74) is 2.45. The molecule has 0 aliphatic carbocycles. The van der Waals surface area contributed by atoms with Crippen molar-refractivity contribution < 1.29 is 9.90 Å². The Balaban J connectivity index is 1.89. The smallest absolute Gasteiger partial charge is 0.225 e. The lowest BCUT2D eigenvalue weighted by Crippen LogP contribution is -2.30.